The van der Waals surface area contributed by atoms with Crippen LogP contribution >= 0.6 is 11.8 Å². The molecule has 0 unspecified atom stereocenters. The molecule has 7 nitrogen and oxygen atoms in total. The third-order valence-electron chi connectivity index (χ3n) is 5.58. The van der Waals surface area contributed by atoms with Crippen LogP contribution in [0.5, 0.6) is 0 Å². The zero-order valence-electron chi connectivity index (χ0n) is 18.7. The first-order valence-electron chi connectivity index (χ1n) is 10.7. The van der Waals surface area contributed by atoms with Gasteiger partial charge in [0.25, 0.3) is 0 Å². The summed E-state index contributed by atoms with van der Waals surface area (Å²) in [4.78, 5) is 36.0. The fourth-order valence-corrected chi connectivity index (χ4v) is 4.27. The minimum absolute atomic E-state index is 0.0641. The average molecular weight is 469 g/mol. The molecule has 0 heterocycles. The molecule has 0 spiro atoms. The first-order chi connectivity index (χ1) is 15.9. The second-order valence-corrected chi connectivity index (χ2v) is 8.73. The molecule has 174 valence electrons. The standard InChI is InChI=1S/C25H28N2O5S/c1-16(24(29)30)11-13-26-23(28)22(12-14-33-2)27-25(31)32-15-21-19-9-5-3-7-17(19)18-8-4-6-10-20(18)21/h3-11,21-22H,12-15H2,1-2H3,(H,26,28)(H,27,31)(H,29,30)/b16-11+/t22-/m1/s1. The summed E-state index contributed by atoms with van der Waals surface area (Å²) in [7, 11) is 0. The number of alkyl carbamates (subject to hydrolysis) is 1. The minimum atomic E-state index is -1.04. The van der Waals surface area contributed by atoms with Gasteiger partial charge in [0.15, 0.2) is 0 Å². The number of aliphatic carboxylic acids is 1. The number of nitrogens with one attached hydrogen (secondary N) is 2. The van der Waals surface area contributed by atoms with E-state index < -0.39 is 18.1 Å². The number of rotatable bonds is 10. The molecule has 0 radical (unpaired) electrons. The molecule has 2 aromatic rings. The normalized spacial score (nSPS) is 13.6. The number of carbonyl (C=O) groups is 3. The lowest BCUT2D eigenvalue weighted by molar-refractivity contribution is -0.132. The Balaban J connectivity index is 1.61. The highest BCUT2D eigenvalue weighted by Gasteiger charge is 2.29. The van der Waals surface area contributed by atoms with E-state index in [9.17, 15) is 14.4 Å². The van der Waals surface area contributed by atoms with Crippen molar-refractivity contribution >= 4 is 29.7 Å². The summed E-state index contributed by atoms with van der Waals surface area (Å²) < 4.78 is 5.55. The van der Waals surface area contributed by atoms with Gasteiger partial charge in [-0.05, 0) is 47.6 Å². The Morgan fingerprint density at radius 3 is 2.27 bits per heavy atom. The molecule has 33 heavy (non-hydrogen) atoms. The van der Waals surface area contributed by atoms with Crippen molar-refractivity contribution < 1.29 is 24.2 Å². The summed E-state index contributed by atoms with van der Waals surface area (Å²) in [5.74, 6) is -0.816. The van der Waals surface area contributed by atoms with Gasteiger partial charge in [0, 0.05) is 18.0 Å². The van der Waals surface area contributed by atoms with Crippen LogP contribution in [0.2, 0.25) is 0 Å². The summed E-state index contributed by atoms with van der Waals surface area (Å²) in [5.41, 5.74) is 4.65. The fourth-order valence-electron chi connectivity index (χ4n) is 3.80. The number of hydrogen-bond donors (Lipinski definition) is 3. The average Bonchev–Trinajstić information content (AvgIpc) is 3.13. The van der Waals surface area contributed by atoms with Crippen LogP contribution in [0.15, 0.2) is 60.2 Å². The van der Waals surface area contributed by atoms with Crippen molar-refractivity contribution in [3.63, 3.8) is 0 Å². The lowest BCUT2D eigenvalue weighted by atomic mass is 9.98. The Bertz CT molecular complexity index is 1010. The smallest absolute Gasteiger partial charge is 0.407 e. The van der Waals surface area contributed by atoms with Crippen molar-refractivity contribution in [2.24, 2.45) is 0 Å². The fraction of sp³-hybridized carbons (Fsp3) is 0.320. The number of benzene rings is 2. The van der Waals surface area contributed by atoms with Gasteiger partial charge in [0.2, 0.25) is 5.91 Å². The molecule has 1 aliphatic rings. The summed E-state index contributed by atoms with van der Waals surface area (Å²) in [6.45, 7) is 1.69. The van der Waals surface area contributed by atoms with E-state index in [0.29, 0.717) is 12.2 Å². The van der Waals surface area contributed by atoms with Crippen LogP contribution in [0.1, 0.15) is 30.4 Å². The Labute approximate surface area is 197 Å². The summed E-state index contributed by atoms with van der Waals surface area (Å²) in [6, 6.07) is 15.4. The molecule has 3 N–H and O–H groups in total. The Morgan fingerprint density at radius 2 is 1.70 bits per heavy atom. The van der Waals surface area contributed by atoms with Crippen molar-refractivity contribution in [1.82, 2.24) is 10.6 Å². The Morgan fingerprint density at radius 1 is 1.09 bits per heavy atom. The third kappa shape index (κ3) is 6.16. The van der Waals surface area contributed by atoms with Crippen LogP contribution in [0.25, 0.3) is 11.1 Å². The predicted octanol–water partition coefficient (Wildman–Crippen LogP) is 3.79. The van der Waals surface area contributed by atoms with Gasteiger partial charge in [0.05, 0.1) is 0 Å². The van der Waals surface area contributed by atoms with Crippen LogP contribution in [-0.2, 0) is 14.3 Å². The zero-order valence-corrected chi connectivity index (χ0v) is 19.5. The topological polar surface area (TPSA) is 105 Å². The first kappa shape index (κ1) is 24.4. The lowest BCUT2D eigenvalue weighted by Gasteiger charge is -2.19. The van der Waals surface area contributed by atoms with Crippen LogP contribution in [0.3, 0.4) is 0 Å². The lowest BCUT2D eigenvalue weighted by Crippen LogP contribution is -2.47. The van der Waals surface area contributed by atoms with E-state index in [-0.39, 0.29) is 30.5 Å². The summed E-state index contributed by atoms with van der Waals surface area (Å²) in [6.07, 6.45) is 3.11. The molecular formula is C25H28N2O5S. The van der Waals surface area contributed by atoms with Crippen molar-refractivity contribution in [2.75, 3.05) is 25.2 Å². The van der Waals surface area contributed by atoms with Gasteiger partial charge < -0.3 is 20.5 Å². The van der Waals surface area contributed by atoms with E-state index >= 15 is 0 Å². The maximum absolute atomic E-state index is 12.6. The number of fused-ring (bicyclic) bond motifs is 3. The Kier molecular flexibility index (Phi) is 8.54. The SMILES string of the molecule is CSCC[C@@H](NC(=O)OCC1c2ccccc2-c2ccccc21)C(=O)NC/C=C(\C)C(=O)O. The first-order valence-corrected chi connectivity index (χ1v) is 12.1. The highest BCUT2D eigenvalue weighted by Crippen LogP contribution is 2.44. The molecule has 0 aliphatic heterocycles. The molecule has 0 bridgehead atoms. The van der Waals surface area contributed by atoms with E-state index in [1.807, 2.05) is 42.7 Å². The Hall–Kier alpha value is -3.26. The van der Waals surface area contributed by atoms with Gasteiger partial charge in [-0.2, -0.15) is 11.8 Å². The molecule has 0 saturated heterocycles. The van der Waals surface area contributed by atoms with E-state index in [4.69, 9.17) is 9.84 Å². The number of carboxylic acids is 1. The van der Waals surface area contributed by atoms with E-state index in [2.05, 4.69) is 22.8 Å². The molecule has 8 heteroatoms. The van der Waals surface area contributed by atoms with Crippen molar-refractivity contribution in [3.8, 4) is 11.1 Å². The number of amides is 2. The maximum atomic E-state index is 12.6. The van der Waals surface area contributed by atoms with E-state index in [1.54, 1.807) is 11.8 Å². The minimum Gasteiger partial charge on any atom is -0.478 e. The summed E-state index contributed by atoms with van der Waals surface area (Å²) >= 11 is 1.56. The second kappa shape index (κ2) is 11.6. The van der Waals surface area contributed by atoms with Crippen LogP contribution in [0, 0.1) is 0 Å². The molecule has 0 saturated carbocycles. The highest BCUT2D eigenvalue weighted by molar-refractivity contribution is 7.98. The van der Waals surface area contributed by atoms with Crippen molar-refractivity contribution in [1.29, 1.82) is 0 Å². The maximum Gasteiger partial charge on any atom is 0.407 e. The van der Waals surface area contributed by atoms with Gasteiger partial charge in [-0.15, -0.1) is 0 Å². The molecule has 3 rings (SSSR count). The molecule has 0 fully saturated rings. The van der Waals surface area contributed by atoms with E-state index in [1.165, 1.54) is 13.0 Å². The van der Waals surface area contributed by atoms with Gasteiger partial charge in [-0.25, -0.2) is 9.59 Å². The molecule has 2 amide bonds. The third-order valence-corrected chi connectivity index (χ3v) is 6.23. The quantitative estimate of drug-likeness (QED) is 0.458. The zero-order chi connectivity index (χ0) is 23.8. The molecule has 0 aromatic heterocycles. The number of ether oxygens (including phenoxy) is 1. The van der Waals surface area contributed by atoms with Gasteiger partial charge in [0.1, 0.15) is 12.6 Å². The molecule has 1 aliphatic carbocycles. The van der Waals surface area contributed by atoms with Crippen molar-refractivity contribution in [3.05, 3.63) is 71.3 Å². The predicted molar refractivity (Wildman–Crippen MR) is 129 cm³/mol. The summed E-state index contributed by atoms with van der Waals surface area (Å²) in [5, 5.41) is 14.2. The highest BCUT2D eigenvalue weighted by atomic mass is 32.2. The largest absolute Gasteiger partial charge is 0.478 e. The second-order valence-electron chi connectivity index (χ2n) is 7.74. The molecular weight excluding hydrogens is 440 g/mol. The van der Waals surface area contributed by atoms with Crippen LogP contribution in [-0.4, -0.2) is 54.3 Å². The van der Waals surface area contributed by atoms with Crippen LogP contribution in [0.4, 0.5) is 4.79 Å². The van der Waals surface area contributed by atoms with Gasteiger partial charge in [-0.1, -0.05) is 54.6 Å². The molecule has 1 atom stereocenters. The number of carboxylic acid groups (broad SMARTS) is 1. The number of hydrogen-bond acceptors (Lipinski definition) is 5. The van der Waals surface area contributed by atoms with Crippen molar-refractivity contribution in [2.45, 2.75) is 25.3 Å². The van der Waals surface area contributed by atoms with Gasteiger partial charge >= 0.3 is 12.1 Å². The van der Waals surface area contributed by atoms with E-state index in [0.717, 1.165) is 22.3 Å². The number of thioether (sulfide) groups is 1. The monoisotopic (exact) mass is 468 g/mol. The molecule has 2 aromatic carbocycles. The number of carbonyl (C=O) groups excluding carboxylic acids is 2. The van der Waals surface area contributed by atoms with Crippen LogP contribution < -0.4 is 10.6 Å². The van der Waals surface area contributed by atoms with Gasteiger partial charge in [-0.3, -0.25) is 4.79 Å².